The Labute approximate surface area is 92.5 Å². The molecule has 0 atom stereocenters. The van der Waals surface area contributed by atoms with Gasteiger partial charge in [-0.2, -0.15) is 0 Å². The summed E-state index contributed by atoms with van der Waals surface area (Å²) in [4.78, 5) is 4.14. The van der Waals surface area contributed by atoms with Crippen LogP contribution in [0.4, 0.5) is 0 Å². The van der Waals surface area contributed by atoms with Crippen LogP contribution in [-0.2, 0) is 0 Å². The molecule has 1 aromatic carbocycles. The molecule has 0 radical (unpaired) electrons. The molecule has 1 heterocycles. The Morgan fingerprint density at radius 2 is 2.00 bits per heavy atom. The molecule has 0 saturated carbocycles. The van der Waals surface area contributed by atoms with E-state index in [0.29, 0.717) is 10.6 Å². The minimum atomic E-state index is -1.45. The third kappa shape index (κ3) is 1.97. The highest BCUT2D eigenvalue weighted by molar-refractivity contribution is 6.58. The lowest BCUT2D eigenvalue weighted by atomic mass is 9.79. The number of hydrogen-bond donors (Lipinski definition) is 2. The van der Waals surface area contributed by atoms with Gasteiger partial charge in [0.25, 0.3) is 0 Å². The number of benzene rings is 1. The molecule has 0 aliphatic rings. The molecule has 0 fully saturated rings. The van der Waals surface area contributed by atoms with E-state index < -0.39 is 7.12 Å². The normalized spacial score (nSPS) is 10.7. The molecule has 3 nitrogen and oxygen atoms in total. The lowest BCUT2D eigenvalue weighted by molar-refractivity contribution is 0.426. The second kappa shape index (κ2) is 3.81. The zero-order valence-corrected chi connectivity index (χ0v) is 8.86. The smallest absolute Gasteiger partial charge is 0.423 e. The number of aromatic nitrogens is 1. The van der Waals surface area contributed by atoms with Crippen molar-refractivity contribution < 1.29 is 10.0 Å². The first-order chi connectivity index (χ1) is 7.08. The van der Waals surface area contributed by atoms with Gasteiger partial charge < -0.3 is 10.0 Å². The number of nitrogens with zero attached hydrogens (tertiary/aromatic N) is 1. The lowest BCUT2D eigenvalue weighted by Crippen LogP contribution is -2.29. The summed E-state index contributed by atoms with van der Waals surface area (Å²) >= 11 is 5.82. The van der Waals surface area contributed by atoms with Gasteiger partial charge >= 0.3 is 7.12 Å². The van der Waals surface area contributed by atoms with E-state index in [2.05, 4.69) is 4.98 Å². The fraction of sp³-hybridized carbons (Fsp3) is 0.100. The second-order valence-corrected chi connectivity index (χ2v) is 3.80. The van der Waals surface area contributed by atoms with Gasteiger partial charge in [0.2, 0.25) is 0 Å². The third-order valence-corrected chi connectivity index (χ3v) is 2.50. The van der Waals surface area contributed by atoms with Gasteiger partial charge in [-0.05, 0) is 30.1 Å². The van der Waals surface area contributed by atoms with Gasteiger partial charge in [-0.25, -0.2) is 4.98 Å². The first-order valence-electron chi connectivity index (χ1n) is 4.51. The fourth-order valence-corrected chi connectivity index (χ4v) is 1.79. The molecule has 2 N–H and O–H groups in total. The summed E-state index contributed by atoms with van der Waals surface area (Å²) in [5.74, 6) is 0. The lowest BCUT2D eigenvalue weighted by Gasteiger charge is -2.05. The van der Waals surface area contributed by atoms with Crippen molar-refractivity contribution in [3.05, 3.63) is 35.0 Å². The summed E-state index contributed by atoms with van der Waals surface area (Å²) < 4.78 is 0. The highest BCUT2D eigenvalue weighted by atomic mass is 35.5. The molecular weight excluding hydrogens is 212 g/mol. The molecular formula is C10H9BClNO2. The zero-order valence-electron chi connectivity index (χ0n) is 8.11. The van der Waals surface area contributed by atoms with E-state index in [4.69, 9.17) is 21.6 Å². The van der Waals surface area contributed by atoms with Crippen LogP contribution in [0, 0.1) is 6.92 Å². The van der Waals surface area contributed by atoms with Crippen LogP contribution in [-0.4, -0.2) is 22.2 Å². The number of fused-ring (bicyclic) bond motifs is 1. The maximum absolute atomic E-state index is 9.04. The van der Waals surface area contributed by atoms with Gasteiger partial charge in [0.1, 0.15) is 5.15 Å². The van der Waals surface area contributed by atoms with E-state index >= 15 is 0 Å². The van der Waals surface area contributed by atoms with Crippen LogP contribution in [0.2, 0.25) is 5.15 Å². The molecule has 0 aliphatic carbocycles. The molecule has 0 bridgehead atoms. The monoisotopic (exact) mass is 221 g/mol. The van der Waals surface area contributed by atoms with Gasteiger partial charge in [0.15, 0.2) is 0 Å². The Balaban J connectivity index is 2.71. The van der Waals surface area contributed by atoms with Gasteiger partial charge in [-0.1, -0.05) is 23.7 Å². The second-order valence-electron chi connectivity index (χ2n) is 3.41. The summed E-state index contributed by atoms with van der Waals surface area (Å²) in [6.07, 6.45) is 0. The number of halogens is 1. The van der Waals surface area contributed by atoms with E-state index in [1.807, 2.05) is 6.92 Å². The fourth-order valence-electron chi connectivity index (χ4n) is 1.53. The van der Waals surface area contributed by atoms with Gasteiger partial charge in [0.05, 0.1) is 5.52 Å². The molecule has 1 aromatic heterocycles. The molecule has 0 unspecified atom stereocenters. The van der Waals surface area contributed by atoms with Crippen LogP contribution in [0.25, 0.3) is 10.9 Å². The number of rotatable bonds is 1. The van der Waals surface area contributed by atoms with Crippen molar-refractivity contribution in [3.63, 3.8) is 0 Å². The maximum Gasteiger partial charge on any atom is 0.488 e. The minimum absolute atomic E-state index is 0.442. The average Bonchev–Trinajstić information content (AvgIpc) is 2.16. The van der Waals surface area contributed by atoms with Crippen LogP contribution in [0.3, 0.4) is 0 Å². The quantitative estimate of drug-likeness (QED) is 0.555. The van der Waals surface area contributed by atoms with Crippen molar-refractivity contribution in [2.45, 2.75) is 6.92 Å². The summed E-state index contributed by atoms with van der Waals surface area (Å²) in [5, 5.41) is 19.4. The van der Waals surface area contributed by atoms with Crippen LogP contribution in [0.1, 0.15) is 5.56 Å². The van der Waals surface area contributed by atoms with Crippen LogP contribution in [0.15, 0.2) is 24.3 Å². The van der Waals surface area contributed by atoms with Crippen molar-refractivity contribution in [1.82, 2.24) is 4.98 Å². The highest BCUT2D eigenvalue weighted by Crippen LogP contribution is 2.18. The van der Waals surface area contributed by atoms with Crippen LogP contribution < -0.4 is 5.46 Å². The Morgan fingerprint density at radius 3 is 2.67 bits per heavy atom. The Hall–Kier alpha value is -1.10. The van der Waals surface area contributed by atoms with Crippen LogP contribution >= 0.6 is 11.6 Å². The Kier molecular flexibility index (Phi) is 2.65. The molecule has 5 heteroatoms. The summed E-state index contributed by atoms with van der Waals surface area (Å²) in [5.41, 5.74) is 2.17. The molecule has 0 saturated heterocycles. The first-order valence-corrected chi connectivity index (χ1v) is 4.88. The standard InChI is InChI=1S/C10H9BClNO2/c1-6-4-10(12)13-9-3-2-7(11(14)15)5-8(6)9/h2-5,14-15H,1H3. The Bertz CT molecular complexity index is 516. The van der Waals surface area contributed by atoms with E-state index in [1.54, 1.807) is 24.3 Å². The van der Waals surface area contributed by atoms with E-state index in [-0.39, 0.29) is 0 Å². The number of aryl methyl sites for hydroxylation is 1. The summed E-state index contributed by atoms with van der Waals surface area (Å²) in [7, 11) is -1.45. The highest BCUT2D eigenvalue weighted by Gasteiger charge is 2.12. The van der Waals surface area contributed by atoms with Gasteiger partial charge in [-0.3, -0.25) is 0 Å². The number of hydrogen-bond acceptors (Lipinski definition) is 3. The van der Waals surface area contributed by atoms with E-state index in [0.717, 1.165) is 16.5 Å². The van der Waals surface area contributed by atoms with Crippen molar-refractivity contribution in [2.75, 3.05) is 0 Å². The molecule has 2 aromatic rings. The molecule has 2 rings (SSSR count). The van der Waals surface area contributed by atoms with E-state index in [9.17, 15) is 0 Å². The third-order valence-electron chi connectivity index (χ3n) is 2.31. The van der Waals surface area contributed by atoms with Crippen molar-refractivity contribution in [1.29, 1.82) is 0 Å². The minimum Gasteiger partial charge on any atom is -0.423 e. The molecule has 15 heavy (non-hydrogen) atoms. The van der Waals surface area contributed by atoms with E-state index in [1.165, 1.54) is 0 Å². The average molecular weight is 221 g/mol. The number of pyridine rings is 1. The topological polar surface area (TPSA) is 53.4 Å². The summed E-state index contributed by atoms with van der Waals surface area (Å²) in [6, 6.07) is 6.80. The van der Waals surface area contributed by atoms with Crippen molar-refractivity contribution in [2.24, 2.45) is 0 Å². The first kappa shape index (κ1) is 10.4. The van der Waals surface area contributed by atoms with Crippen molar-refractivity contribution >= 4 is 35.1 Å². The molecule has 0 aliphatic heterocycles. The molecule has 0 spiro atoms. The maximum atomic E-state index is 9.04. The predicted molar refractivity (Wildman–Crippen MR) is 61.3 cm³/mol. The van der Waals surface area contributed by atoms with Gasteiger partial charge in [-0.15, -0.1) is 0 Å². The zero-order chi connectivity index (χ0) is 11.0. The van der Waals surface area contributed by atoms with Crippen molar-refractivity contribution in [3.8, 4) is 0 Å². The Morgan fingerprint density at radius 1 is 1.27 bits per heavy atom. The SMILES string of the molecule is Cc1cc(Cl)nc2ccc(B(O)O)cc12. The predicted octanol–water partition coefficient (Wildman–Crippen LogP) is 0.876. The summed E-state index contributed by atoms with van der Waals surface area (Å²) in [6.45, 7) is 1.91. The van der Waals surface area contributed by atoms with Gasteiger partial charge in [0, 0.05) is 5.39 Å². The molecule has 0 amide bonds. The molecule has 76 valence electrons. The van der Waals surface area contributed by atoms with Crippen LogP contribution in [0.5, 0.6) is 0 Å². The largest absolute Gasteiger partial charge is 0.488 e.